The van der Waals surface area contributed by atoms with E-state index in [4.69, 9.17) is 4.74 Å². The van der Waals surface area contributed by atoms with Gasteiger partial charge in [-0.3, -0.25) is 0 Å². The number of benzene rings is 2. The standard InChI is InChI=1S/C14H12O/c1-2-6-11(7-3-1)12-8-4-5-9-13(12)14-10-15-14/h1-9,14H,10H2. The molecule has 0 amide bonds. The maximum atomic E-state index is 5.36. The van der Waals surface area contributed by atoms with E-state index in [0.717, 1.165) is 6.61 Å². The van der Waals surface area contributed by atoms with E-state index in [1.807, 2.05) is 6.07 Å². The molecular formula is C14H12O. The topological polar surface area (TPSA) is 12.5 Å². The highest BCUT2D eigenvalue weighted by Gasteiger charge is 2.27. The zero-order chi connectivity index (χ0) is 10.1. The highest BCUT2D eigenvalue weighted by atomic mass is 16.6. The van der Waals surface area contributed by atoms with Gasteiger partial charge in [0.25, 0.3) is 0 Å². The van der Waals surface area contributed by atoms with Gasteiger partial charge in [-0.05, 0) is 16.7 Å². The lowest BCUT2D eigenvalue weighted by Crippen LogP contribution is -1.86. The van der Waals surface area contributed by atoms with E-state index in [1.54, 1.807) is 0 Å². The Bertz CT molecular complexity index is 458. The lowest BCUT2D eigenvalue weighted by atomic mass is 9.98. The molecule has 0 N–H and O–H groups in total. The molecule has 1 heterocycles. The smallest absolute Gasteiger partial charge is 0.107 e. The summed E-state index contributed by atoms with van der Waals surface area (Å²) >= 11 is 0. The third-order valence-corrected chi connectivity index (χ3v) is 2.73. The van der Waals surface area contributed by atoms with Gasteiger partial charge in [-0.2, -0.15) is 0 Å². The van der Waals surface area contributed by atoms with Crippen LogP contribution >= 0.6 is 0 Å². The Morgan fingerprint density at radius 1 is 0.867 bits per heavy atom. The largest absolute Gasteiger partial charge is 0.368 e. The molecule has 0 spiro atoms. The van der Waals surface area contributed by atoms with Crippen molar-refractivity contribution in [3.63, 3.8) is 0 Å². The Kier molecular flexibility index (Phi) is 2.04. The Morgan fingerprint density at radius 2 is 1.53 bits per heavy atom. The average molecular weight is 196 g/mol. The van der Waals surface area contributed by atoms with Crippen molar-refractivity contribution in [2.75, 3.05) is 6.61 Å². The van der Waals surface area contributed by atoms with Gasteiger partial charge in [0.15, 0.2) is 0 Å². The Labute approximate surface area is 89.3 Å². The van der Waals surface area contributed by atoms with E-state index in [-0.39, 0.29) is 0 Å². The summed E-state index contributed by atoms with van der Waals surface area (Å²) in [5.74, 6) is 0. The van der Waals surface area contributed by atoms with Crippen LogP contribution in [0, 0.1) is 0 Å². The summed E-state index contributed by atoms with van der Waals surface area (Å²) in [5, 5.41) is 0. The Balaban J connectivity index is 2.11. The minimum absolute atomic E-state index is 0.321. The van der Waals surface area contributed by atoms with Crippen LogP contribution in [0.15, 0.2) is 54.6 Å². The van der Waals surface area contributed by atoms with Crippen molar-refractivity contribution in [2.45, 2.75) is 6.10 Å². The van der Waals surface area contributed by atoms with Crippen molar-refractivity contribution in [3.8, 4) is 11.1 Å². The fourth-order valence-corrected chi connectivity index (χ4v) is 1.89. The zero-order valence-corrected chi connectivity index (χ0v) is 8.39. The molecule has 1 atom stereocenters. The highest BCUT2D eigenvalue weighted by Crippen LogP contribution is 2.36. The van der Waals surface area contributed by atoms with Crippen LogP contribution < -0.4 is 0 Å². The summed E-state index contributed by atoms with van der Waals surface area (Å²) < 4.78 is 5.36. The Hall–Kier alpha value is -1.60. The van der Waals surface area contributed by atoms with Gasteiger partial charge in [0.1, 0.15) is 6.10 Å². The number of hydrogen-bond donors (Lipinski definition) is 0. The molecule has 0 aliphatic carbocycles. The number of ether oxygens (including phenoxy) is 1. The van der Waals surface area contributed by atoms with Crippen LogP contribution in [0.3, 0.4) is 0 Å². The van der Waals surface area contributed by atoms with Crippen molar-refractivity contribution in [1.82, 2.24) is 0 Å². The molecule has 0 saturated carbocycles. The summed E-state index contributed by atoms with van der Waals surface area (Å²) in [7, 11) is 0. The lowest BCUT2D eigenvalue weighted by Gasteiger charge is -2.06. The highest BCUT2D eigenvalue weighted by molar-refractivity contribution is 5.68. The predicted molar refractivity (Wildman–Crippen MR) is 60.6 cm³/mol. The van der Waals surface area contributed by atoms with E-state index in [1.165, 1.54) is 16.7 Å². The van der Waals surface area contributed by atoms with Gasteiger partial charge in [-0.1, -0.05) is 54.6 Å². The van der Waals surface area contributed by atoms with Crippen LogP contribution in [0.1, 0.15) is 11.7 Å². The molecule has 2 aromatic carbocycles. The van der Waals surface area contributed by atoms with Crippen LogP contribution in [-0.2, 0) is 4.74 Å². The van der Waals surface area contributed by atoms with E-state index < -0.39 is 0 Å². The first kappa shape index (κ1) is 8.69. The van der Waals surface area contributed by atoms with Gasteiger partial charge in [-0.15, -0.1) is 0 Å². The van der Waals surface area contributed by atoms with Crippen LogP contribution in [0.25, 0.3) is 11.1 Å². The first-order valence-electron chi connectivity index (χ1n) is 5.21. The van der Waals surface area contributed by atoms with Crippen molar-refractivity contribution in [2.24, 2.45) is 0 Å². The number of hydrogen-bond acceptors (Lipinski definition) is 1. The maximum Gasteiger partial charge on any atom is 0.107 e. The van der Waals surface area contributed by atoms with Gasteiger partial charge >= 0.3 is 0 Å². The molecule has 1 nitrogen and oxygen atoms in total. The Morgan fingerprint density at radius 3 is 2.27 bits per heavy atom. The molecule has 2 aromatic rings. The zero-order valence-electron chi connectivity index (χ0n) is 8.39. The molecule has 1 saturated heterocycles. The van der Waals surface area contributed by atoms with Crippen LogP contribution in [-0.4, -0.2) is 6.61 Å². The summed E-state index contributed by atoms with van der Waals surface area (Å²) in [5.41, 5.74) is 3.87. The van der Waals surface area contributed by atoms with E-state index in [9.17, 15) is 0 Å². The second-order valence-corrected chi connectivity index (χ2v) is 3.78. The summed E-state index contributed by atoms with van der Waals surface area (Å²) in [4.78, 5) is 0. The molecule has 0 aromatic heterocycles. The molecule has 1 fully saturated rings. The van der Waals surface area contributed by atoms with Crippen molar-refractivity contribution in [1.29, 1.82) is 0 Å². The van der Waals surface area contributed by atoms with Crippen LogP contribution in [0.4, 0.5) is 0 Å². The molecule has 3 rings (SSSR count). The fraction of sp³-hybridized carbons (Fsp3) is 0.143. The molecule has 1 heteroatoms. The van der Waals surface area contributed by atoms with Crippen LogP contribution in [0.2, 0.25) is 0 Å². The third kappa shape index (κ3) is 1.66. The molecule has 1 unspecified atom stereocenters. The minimum Gasteiger partial charge on any atom is -0.368 e. The summed E-state index contributed by atoms with van der Waals surface area (Å²) in [6.45, 7) is 0.865. The van der Waals surface area contributed by atoms with Crippen molar-refractivity contribution < 1.29 is 4.74 Å². The van der Waals surface area contributed by atoms with Crippen molar-refractivity contribution in [3.05, 3.63) is 60.2 Å². The minimum atomic E-state index is 0.321. The van der Waals surface area contributed by atoms with Gasteiger partial charge in [0, 0.05) is 0 Å². The van der Waals surface area contributed by atoms with E-state index in [2.05, 4.69) is 48.5 Å². The summed E-state index contributed by atoms with van der Waals surface area (Å²) in [6, 6.07) is 18.9. The summed E-state index contributed by atoms with van der Waals surface area (Å²) in [6.07, 6.45) is 0.321. The number of rotatable bonds is 2. The molecule has 1 aliphatic heterocycles. The molecule has 74 valence electrons. The predicted octanol–water partition coefficient (Wildman–Crippen LogP) is 3.42. The monoisotopic (exact) mass is 196 g/mol. The SMILES string of the molecule is c1ccc(-c2ccccc2C2CO2)cc1. The van der Waals surface area contributed by atoms with Gasteiger partial charge in [-0.25, -0.2) is 0 Å². The first-order chi connectivity index (χ1) is 7.45. The van der Waals surface area contributed by atoms with Gasteiger partial charge < -0.3 is 4.74 Å². The molecule has 1 aliphatic rings. The second kappa shape index (κ2) is 3.52. The lowest BCUT2D eigenvalue weighted by molar-refractivity contribution is 0.416. The maximum absolute atomic E-state index is 5.36. The van der Waals surface area contributed by atoms with Crippen molar-refractivity contribution >= 4 is 0 Å². The molecule has 0 bridgehead atoms. The van der Waals surface area contributed by atoms with Gasteiger partial charge in [0.2, 0.25) is 0 Å². The van der Waals surface area contributed by atoms with Gasteiger partial charge in [0.05, 0.1) is 6.61 Å². The normalized spacial score (nSPS) is 18.8. The molecule has 15 heavy (non-hydrogen) atoms. The average Bonchev–Trinajstić information content (AvgIpc) is 3.14. The second-order valence-electron chi connectivity index (χ2n) is 3.78. The van der Waals surface area contributed by atoms with Crippen LogP contribution in [0.5, 0.6) is 0 Å². The van der Waals surface area contributed by atoms with E-state index in [0.29, 0.717) is 6.10 Å². The quantitative estimate of drug-likeness (QED) is 0.670. The third-order valence-electron chi connectivity index (χ3n) is 2.73. The molecule has 0 radical (unpaired) electrons. The first-order valence-corrected chi connectivity index (χ1v) is 5.21. The van der Waals surface area contributed by atoms with E-state index >= 15 is 0 Å². The fourth-order valence-electron chi connectivity index (χ4n) is 1.89. The molecular weight excluding hydrogens is 184 g/mol. The number of epoxide rings is 1.